The van der Waals surface area contributed by atoms with E-state index in [0.717, 1.165) is 36.8 Å². The third kappa shape index (κ3) is 2.91. The van der Waals surface area contributed by atoms with Crippen LogP contribution < -0.4 is 5.32 Å². The highest BCUT2D eigenvalue weighted by Crippen LogP contribution is 2.72. The number of para-hydroxylation sites is 1. The number of unbranched alkanes of at least 4 members (excludes halogenated alkanes) is 1. The van der Waals surface area contributed by atoms with Crippen molar-refractivity contribution >= 4 is 23.5 Å². The fraction of sp³-hybridized carbons (Fsp3) is 0.452. The second kappa shape index (κ2) is 9.09. The molecule has 7 nitrogen and oxygen atoms in total. The number of fused-ring (bicyclic) bond motifs is 5. The second-order valence-corrected chi connectivity index (χ2v) is 10.8. The molecule has 198 valence electrons. The highest BCUT2D eigenvalue weighted by Gasteiger charge is 2.82. The standard InChI is InChI=1S/C31H35N3O4/c1-4-6-18-33-20(3)25(27(35)38-5-2)30(29(33)37)26(21-13-8-7-9-14-21)24-17-12-19-34(24)31(30)22-15-10-11-16-23(22)32-28(31)36/h7-11,13-16,24,26H,4-6,12,17-19H2,1-3H3,(H,32,36)/t24-,26-,30+,31+/m0/s1. The summed E-state index contributed by atoms with van der Waals surface area (Å²) < 4.78 is 5.69. The normalized spacial score (nSPS) is 29.9. The first-order valence-corrected chi connectivity index (χ1v) is 13.9. The topological polar surface area (TPSA) is 79.0 Å². The summed E-state index contributed by atoms with van der Waals surface area (Å²) in [4.78, 5) is 47.7. The van der Waals surface area contributed by atoms with Crippen LogP contribution in [0.25, 0.3) is 0 Å². The minimum absolute atomic E-state index is 0.0818. The Balaban J connectivity index is 1.74. The van der Waals surface area contributed by atoms with Gasteiger partial charge in [0.2, 0.25) is 5.91 Å². The molecule has 7 heteroatoms. The lowest BCUT2D eigenvalue weighted by molar-refractivity contribution is -0.152. The number of carbonyl (C=O) groups is 3. The highest BCUT2D eigenvalue weighted by molar-refractivity contribution is 6.16. The van der Waals surface area contributed by atoms with Gasteiger partial charge in [0.25, 0.3) is 5.91 Å². The molecule has 38 heavy (non-hydrogen) atoms. The summed E-state index contributed by atoms with van der Waals surface area (Å²) in [5, 5.41) is 3.12. The Kier molecular flexibility index (Phi) is 5.94. The fourth-order valence-electron chi connectivity index (χ4n) is 7.96. The van der Waals surface area contributed by atoms with Crippen molar-refractivity contribution in [2.45, 2.75) is 64.0 Å². The Labute approximate surface area is 223 Å². The van der Waals surface area contributed by atoms with Crippen LogP contribution in [-0.4, -0.2) is 53.3 Å². The van der Waals surface area contributed by atoms with Crippen molar-refractivity contribution in [2.24, 2.45) is 5.41 Å². The first kappa shape index (κ1) is 24.9. The van der Waals surface area contributed by atoms with Gasteiger partial charge in [0, 0.05) is 35.5 Å². The first-order valence-electron chi connectivity index (χ1n) is 13.9. The largest absolute Gasteiger partial charge is 0.463 e. The van der Waals surface area contributed by atoms with Crippen LogP contribution in [-0.2, 0) is 24.7 Å². The molecule has 2 aromatic carbocycles. The molecular weight excluding hydrogens is 478 g/mol. The molecule has 0 unspecified atom stereocenters. The molecule has 2 saturated heterocycles. The second-order valence-electron chi connectivity index (χ2n) is 10.8. The van der Waals surface area contributed by atoms with Crippen LogP contribution in [0.4, 0.5) is 5.69 Å². The van der Waals surface area contributed by atoms with Crippen LogP contribution in [0.5, 0.6) is 0 Å². The van der Waals surface area contributed by atoms with E-state index in [1.165, 1.54) is 0 Å². The minimum atomic E-state index is -1.46. The van der Waals surface area contributed by atoms with Gasteiger partial charge in [-0.05, 0) is 51.3 Å². The van der Waals surface area contributed by atoms with E-state index in [1.54, 1.807) is 11.8 Å². The Morgan fingerprint density at radius 1 is 1.08 bits per heavy atom. The minimum Gasteiger partial charge on any atom is -0.463 e. The van der Waals surface area contributed by atoms with Gasteiger partial charge in [0.1, 0.15) is 11.0 Å². The average molecular weight is 514 g/mol. The molecule has 4 atom stereocenters. The van der Waals surface area contributed by atoms with Gasteiger partial charge in [-0.3, -0.25) is 14.5 Å². The monoisotopic (exact) mass is 513 g/mol. The summed E-state index contributed by atoms with van der Waals surface area (Å²) in [5.41, 5.74) is 0.592. The van der Waals surface area contributed by atoms with Crippen molar-refractivity contribution in [2.75, 3.05) is 25.0 Å². The van der Waals surface area contributed by atoms with Gasteiger partial charge in [0.05, 0.1) is 12.2 Å². The average Bonchev–Trinajstić information content (AvgIpc) is 3.62. The number of benzene rings is 2. The lowest BCUT2D eigenvalue weighted by Gasteiger charge is -2.45. The molecule has 0 radical (unpaired) electrons. The number of amides is 2. The van der Waals surface area contributed by atoms with Gasteiger partial charge in [-0.15, -0.1) is 0 Å². The predicted molar refractivity (Wildman–Crippen MR) is 144 cm³/mol. The highest BCUT2D eigenvalue weighted by atomic mass is 16.5. The number of nitrogens with one attached hydrogen (secondary N) is 1. The summed E-state index contributed by atoms with van der Waals surface area (Å²) in [6.45, 7) is 7.08. The third-order valence-electron chi connectivity index (χ3n) is 9.16. The van der Waals surface area contributed by atoms with Crippen LogP contribution in [0, 0.1) is 5.41 Å². The molecule has 0 bridgehead atoms. The van der Waals surface area contributed by atoms with Crippen molar-refractivity contribution in [1.82, 2.24) is 9.80 Å². The van der Waals surface area contributed by atoms with Crippen molar-refractivity contribution in [3.05, 3.63) is 77.0 Å². The summed E-state index contributed by atoms with van der Waals surface area (Å²) in [7, 11) is 0. The predicted octanol–water partition coefficient (Wildman–Crippen LogP) is 4.56. The molecule has 2 fully saturated rings. The van der Waals surface area contributed by atoms with Crippen LogP contribution in [0.3, 0.4) is 0 Å². The molecule has 4 heterocycles. The van der Waals surface area contributed by atoms with E-state index in [2.05, 4.69) is 17.1 Å². The molecule has 0 aliphatic carbocycles. The first-order chi connectivity index (χ1) is 18.5. The van der Waals surface area contributed by atoms with Crippen LogP contribution >= 0.6 is 0 Å². The van der Waals surface area contributed by atoms with Crippen molar-refractivity contribution in [3.8, 4) is 0 Å². The zero-order valence-electron chi connectivity index (χ0n) is 22.3. The number of allylic oxidation sites excluding steroid dienone is 1. The van der Waals surface area contributed by atoms with Crippen LogP contribution in [0.15, 0.2) is 65.9 Å². The van der Waals surface area contributed by atoms with Gasteiger partial charge in [-0.2, -0.15) is 0 Å². The lowest BCUT2D eigenvalue weighted by Crippen LogP contribution is -2.61. The number of anilines is 1. The van der Waals surface area contributed by atoms with E-state index in [-0.39, 0.29) is 24.5 Å². The van der Waals surface area contributed by atoms with E-state index in [4.69, 9.17) is 4.74 Å². The van der Waals surface area contributed by atoms with E-state index < -0.39 is 22.8 Å². The van der Waals surface area contributed by atoms with Crippen LogP contribution in [0.2, 0.25) is 0 Å². The fourth-order valence-corrected chi connectivity index (χ4v) is 7.96. The van der Waals surface area contributed by atoms with Gasteiger partial charge >= 0.3 is 5.97 Å². The number of carbonyl (C=O) groups excluding carboxylic acids is 3. The van der Waals surface area contributed by atoms with Crippen molar-refractivity contribution in [1.29, 1.82) is 0 Å². The zero-order valence-corrected chi connectivity index (χ0v) is 22.3. The number of rotatable bonds is 6. The smallest absolute Gasteiger partial charge is 0.337 e. The molecule has 6 rings (SSSR count). The molecule has 2 spiro atoms. The number of hydrogen-bond acceptors (Lipinski definition) is 5. The molecule has 2 aromatic rings. The van der Waals surface area contributed by atoms with Gasteiger partial charge in [0.15, 0.2) is 0 Å². The van der Waals surface area contributed by atoms with E-state index >= 15 is 4.79 Å². The summed E-state index contributed by atoms with van der Waals surface area (Å²) in [5.74, 6) is -1.29. The maximum Gasteiger partial charge on any atom is 0.337 e. The van der Waals surface area contributed by atoms with Gasteiger partial charge < -0.3 is 15.0 Å². The molecule has 0 saturated carbocycles. The molecular formula is C31H35N3O4. The molecule has 1 N–H and O–H groups in total. The zero-order chi connectivity index (χ0) is 26.7. The molecule has 4 aliphatic heterocycles. The number of ether oxygens (including phenoxy) is 1. The number of esters is 1. The quantitative estimate of drug-likeness (QED) is 0.573. The van der Waals surface area contributed by atoms with E-state index in [1.807, 2.05) is 61.5 Å². The Bertz CT molecular complexity index is 1340. The van der Waals surface area contributed by atoms with Crippen molar-refractivity contribution in [3.63, 3.8) is 0 Å². The molecule has 2 amide bonds. The summed E-state index contributed by atoms with van der Waals surface area (Å²) in [6.07, 6.45) is 3.47. The summed E-state index contributed by atoms with van der Waals surface area (Å²) >= 11 is 0. The SMILES string of the molecule is CCCCN1C(=O)[C@@]2(C(C(=O)OCC)=C1C)[C@@H](c1ccccc1)[C@@H]1CCCN1[C@]21C(=O)Nc2ccccc21. The maximum absolute atomic E-state index is 15.2. The van der Waals surface area contributed by atoms with Crippen molar-refractivity contribution < 1.29 is 19.1 Å². The van der Waals surface area contributed by atoms with E-state index in [9.17, 15) is 9.59 Å². The van der Waals surface area contributed by atoms with Gasteiger partial charge in [-0.25, -0.2) is 4.79 Å². The van der Waals surface area contributed by atoms with Crippen LogP contribution in [0.1, 0.15) is 63.5 Å². The number of nitrogens with zero attached hydrogens (tertiary/aromatic N) is 2. The van der Waals surface area contributed by atoms with Gasteiger partial charge in [-0.1, -0.05) is 61.9 Å². The number of hydrogen-bond donors (Lipinski definition) is 1. The molecule has 4 aliphatic rings. The lowest BCUT2D eigenvalue weighted by atomic mass is 9.56. The summed E-state index contributed by atoms with van der Waals surface area (Å²) in [6, 6.07) is 17.6. The molecule has 0 aromatic heterocycles. The van der Waals surface area contributed by atoms with E-state index in [0.29, 0.717) is 30.0 Å². The Morgan fingerprint density at radius 3 is 2.55 bits per heavy atom. The Hall–Kier alpha value is -3.45. The maximum atomic E-state index is 15.2. The third-order valence-corrected chi connectivity index (χ3v) is 9.16. The Morgan fingerprint density at radius 2 is 1.82 bits per heavy atom.